The molecule has 2 aromatic rings. The first-order chi connectivity index (χ1) is 9.55. The maximum atomic E-state index is 11.4. The van der Waals surface area contributed by atoms with Crippen LogP contribution in [0.5, 0.6) is 5.88 Å². The summed E-state index contributed by atoms with van der Waals surface area (Å²) < 4.78 is 9.86. The molecular formula is C12H11Cl2N3O3. The molecule has 1 N–H and O–H groups in total. The molecule has 1 aromatic carbocycles. The Bertz CT molecular complexity index is 664. The Hall–Kier alpha value is -1.79. The van der Waals surface area contributed by atoms with Gasteiger partial charge in [-0.2, -0.15) is 0 Å². The Balaban J connectivity index is 2.48. The third-order valence-electron chi connectivity index (χ3n) is 2.36. The van der Waals surface area contributed by atoms with Gasteiger partial charge in [0.15, 0.2) is 5.82 Å². The average Bonchev–Trinajstić information content (AvgIpc) is 2.40. The Kier molecular flexibility index (Phi) is 4.46. The maximum Gasteiger partial charge on any atom is 0.412 e. The van der Waals surface area contributed by atoms with Gasteiger partial charge in [-0.1, -0.05) is 23.2 Å². The first-order valence-corrected chi connectivity index (χ1v) is 6.45. The number of amides is 1. The summed E-state index contributed by atoms with van der Waals surface area (Å²) in [6, 6.07) is 3.13. The van der Waals surface area contributed by atoms with E-state index < -0.39 is 6.09 Å². The van der Waals surface area contributed by atoms with Crippen molar-refractivity contribution >= 4 is 46.1 Å². The first-order valence-electron chi connectivity index (χ1n) is 5.69. The number of nitrogens with one attached hydrogen (secondary N) is 1. The molecule has 0 radical (unpaired) electrons. The van der Waals surface area contributed by atoms with Gasteiger partial charge in [0.1, 0.15) is 0 Å². The lowest BCUT2D eigenvalue weighted by Crippen LogP contribution is -2.15. The first kappa shape index (κ1) is 14.6. The van der Waals surface area contributed by atoms with Gasteiger partial charge in [0.2, 0.25) is 0 Å². The Morgan fingerprint density at radius 2 is 1.85 bits per heavy atom. The van der Waals surface area contributed by atoms with Crippen LogP contribution in [0.2, 0.25) is 10.0 Å². The molecule has 106 valence electrons. The van der Waals surface area contributed by atoms with E-state index in [0.717, 1.165) is 0 Å². The minimum absolute atomic E-state index is 0.150. The second kappa shape index (κ2) is 6.11. The lowest BCUT2D eigenvalue weighted by atomic mass is 10.3. The van der Waals surface area contributed by atoms with E-state index in [9.17, 15) is 4.79 Å². The summed E-state index contributed by atoms with van der Waals surface area (Å²) in [5, 5.41) is 3.16. The van der Waals surface area contributed by atoms with Crippen LogP contribution in [0.15, 0.2) is 12.1 Å². The molecule has 0 fully saturated rings. The van der Waals surface area contributed by atoms with Crippen molar-refractivity contribution in [3.63, 3.8) is 0 Å². The zero-order chi connectivity index (χ0) is 14.7. The van der Waals surface area contributed by atoms with Crippen LogP contribution in [0.3, 0.4) is 0 Å². The third kappa shape index (κ3) is 3.02. The normalized spacial score (nSPS) is 10.4. The zero-order valence-corrected chi connectivity index (χ0v) is 12.2. The molecule has 1 amide bonds. The van der Waals surface area contributed by atoms with Crippen LogP contribution >= 0.6 is 23.2 Å². The van der Waals surface area contributed by atoms with Crippen LogP contribution in [-0.2, 0) is 4.74 Å². The van der Waals surface area contributed by atoms with Crippen LogP contribution in [0.1, 0.15) is 6.92 Å². The molecule has 20 heavy (non-hydrogen) atoms. The highest BCUT2D eigenvalue weighted by molar-refractivity contribution is 6.42. The third-order valence-corrected chi connectivity index (χ3v) is 3.09. The van der Waals surface area contributed by atoms with Crippen molar-refractivity contribution in [2.75, 3.05) is 19.0 Å². The molecule has 0 aliphatic rings. The van der Waals surface area contributed by atoms with E-state index in [-0.39, 0.29) is 18.3 Å². The molecule has 0 atom stereocenters. The van der Waals surface area contributed by atoms with Crippen molar-refractivity contribution in [1.29, 1.82) is 0 Å². The smallest absolute Gasteiger partial charge is 0.412 e. The van der Waals surface area contributed by atoms with E-state index in [4.69, 9.17) is 32.7 Å². The largest absolute Gasteiger partial charge is 0.478 e. The molecule has 6 nitrogen and oxygen atoms in total. The summed E-state index contributed by atoms with van der Waals surface area (Å²) in [6.07, 6.45) is -0.639. The Labute approximate surface area is 125 Å². The van der Waals surface area contributed by atoms with Crippen LogP contribution in [0, 0.1) is 0 Å². The summed E-state index contributed by atoms with van der Waals surface area (Å²) in [4.78, 5) is 19.9. The van der Waals surface area contributed by atoms with Gasteiger partial charge in [0.25, 0.3) is 5.88 Å². The van der Waals surface area contributed by atoms with Crippen LogP contribution in [0.25, 0.3) is 11.0 Å². The number of ether oxygens (including phenoxy) is 2. The quantitative estimate of drug-likeness (QED) is 0.938. The number of fused-ring (bicyclic) bond motifs is 1. The monoisotopic (exact) mass is 315 g/mol. The maximum absolute atomic E-state index is 11.4. The highest BCUT2D eigenvalue weighted by Gasteiger charge is 2.14. The molecule has 0 unspecified atom stereocenters. The van der Waals surface area contributed by atoms with Crippen molar-refractivity contribution < 1.29 is 14.3 Å². The standard InChI is InChI=1S/C12H11Cl2N3O3/c1-3-20-12(18)17-10-11(19-2)16-9-5-7(14)6(13)4-8(9)15-10/h4-5H,3H2,1-2H3,(H,15,17,18). The zero-order valence-electron chi connectivity index (χ0n) is 10.7. The Morgan fingerprint density at radius 3 is 2.40 bits per heavy atom. The van der Waals surface area contributed by atoms with Crippen LogP contribution < -0.4 is 10.1 Å². The number of rotatable bonds is 3. The summed E-state index contributed by atoms with van der Waals surface area (Å²) >= 11 is 11.8. The van der Waals surface area contributed by atoms with E-state index >= 15 is 0 Å². The predicted octanol–water partition coefficient (Wildman–Crippen LogP) is 3.51. The molecule has 1 heterocycles. The van der Waals surface area contributed by atoms with Crippen molar-refractivity contribution in [3.05, 3.63) is 22.2 Å². The fourth-order valence-electron chi connectivity index (χ4n) is 1.52. The van der Waals surface area contributed by atoms with Gasteiger partial charge in [0.05, 0.1) is 34.8 Å². The van der Waals surface area contributed by atoms with Gasteiger partial charge < -0.3 is 9.47 Å². The van der Waals surface area contributed by atoms with E-state index in [0.29, 0.717) is 21.1 Å². The number of anilines is 1. The fourth-order valence-corrected chi connectivity index (χ4v) is 1.84. The molecule has 1 aromatic heterocycles. The number of hydrogen-bond donors (Lipinski definition) is 1. The molecular weight excluding hydrogens is 305 g/mol. The summed E-state index contributed by atoms with van der Waals surface area (Å²) in [5.41, 5.74) is 0.984. The van der Waals surface area contributed by atoms with Gasteiger partial charge >= 0.3 is 6.09 Å². The summed E-state index contributed by atoms with van der Waals surface area (Å²) in [5.74, 6) is 0.306. The molecule has 0 aliphatic carbocycles. The van der Waals surface area contributed by atoms with E-state index in [1.807, 2.05) is 0 Å². The predicted molar refractivity (Wildman–Crippen MR) is 76.8 cm³/mol. The minimum Gasteiger partial charge on any atom is -0.478 e. The molecule has 0 saturated heterocycles. The molecule has 0 aliphatic heterocycles. The van der Waals surface area contributed by atoms with Crippen LogP contribution in [0.4, 0.5) is 10.6 Å². The van der Waals surface area contributed by atoms with Gasteiger partial charge in [-0.15, -0.1) is 0 Å². The summed E-state index contributed by atoms with van der Waals surface area (Å²) in [6.45, 7) is 1.95. The number of aromatic nitrogens is 2. The van der Waals surface area contributed by atoms with Gasteiger partial charge in [-0.3, -0.25) is 5.32 Å². The highest BCUT2D eigenvalue weighted by Crippen LogP contribution is 2.29. The Morgan fingerprint density at radius 1 is 1.25 bits per heavy atom. The minimum atomic E-state index is -0.639. The number of benzene rings is 1. The van der Waals surface area contributed by atoms with E-state index in [1.54, 1.807) is 19.1 Å². The number of methoxy groups -OCH3 is 1. The van der Waals surface area contributed by atoms with Crippen LogP contribution in [-0.4, -0.2) is 29.8 Å². The van der Waals surface area contributed by atoms with Crippen molar-refractivity contribution in [3.8, 4) is 5.88 Å². The highest BCUT2D eigenvalue weighted by atomic mass is 35.5. The number of carbonyl (C=O) groups excluding carboxylic acids is 1. The topological polar surface area (TPSA) is 73.3 Å². The lowest BCUT2D eigenvalue weighted by Gasteiger charge is -2.10. The molecule has 0 saturated carbocycles. The molecule has 0 bridgehead atoms. The van der Waals surface area contributed by atoms with Crippen molar-refractivity contribution in [2.45, 2.75) is 6.92 Å². The SMILES string of the molecule is CCOC(=O)Nc1nc2cc(Cl)c(Cl)cc2nc1OC. The van der Waals surface area contributed by atoms with Gasteiger partial charge in [0, 0.05) is 0 Å². The number of carbonyl (C=O) groups is 1. The second-order valence-corrected chi connectivity index (χ2v) is 4.50. The number of hydrogen-bond acceptors (Lipinski definition) is 5. The average molecular weight is 316 g/mol. The van der Waals surface area contributed by atoms with Gasteiger partial charge in [-0.05, 0) is 19.1 Å². The van der Waals surface area contributed by atoms with Crippen molar-refractivity contribution in [2.24, 2.45) is 0 Å². The molecule has 8 heteroatoms. The molecule has 0 spiro atoms. The second-order valence-electron chi connectivity index (χ2n) is 3.68. The van der Waals surface area contributed by atoms with E-state index in [1.165, 1.54) is 7.11 Å². The summed E-state index contributed by atoms with van der Waals surface area (Å²) in [7, 11) is 1.42. The van der Waals surface area contributed by atoms with Gasteiger partial charge in [-0.25, -0.2) is 14.8 Å². The number of halogens is 2. The lowest BCUT2D eigenvalue weighted by molar-refractivity contribution is 0.167. The van der Waals surface area contributed by atoms with E-state index in [2.05, 4.69) is 15.3 Å². The number of nitrogens with zero attached hydrogens (tertiary/aromatic N) is 2. The fraction of sp³-hybridized carbons (Fsp3) is 0.250. The molecule has 2 rings (SSSR count). The van der Waals surface area contributed by atoms with Crippen molar-refractivity contribution in [1.82, 2.24) is 9.97 Å².